The molecule has 3 heteroatoms. The highest BCUT2D eigenvalue weighted by Gasteiger charge is 2.11. The standard InChI is InChI=1S/C17H25NOSi/c1-20(2,3)12-11-19-15-18-10-9-17(14-18)13-16-7-5-4-6-8-16/h4-10,14H,11-13,15H2,1-3H3. The van der Waals surface area contributed by atoms with Crippen molar-refractivity contribution in [2.45, 2.75) is 38.8 Å². The van der Waals surface area contributed by atoms with Gasteiger partial charge in [-0.2, -0.15) is 0 Å². The van der Waals surface area contributed by atoms with Gasteiger partial charge in [-0.05, 0) is 29.7 Å². The molecule has 0 atom stereocenters. The van der Waals surface area contributed by atoms with Gasteiger partial charge in [0, 0.05) is 27.1 Å². The van der Waals surface area contributed by atoms with Gasteiger partial charge in [0.15, 0.2) is 0 Å². The van der Waals surface area contributed by atoms with Gasteiger partial charge >= 0.3 is 0 Å². The van der Waals surface area contributed by atoms with Crippen LogP contribution in [0.15, 0.2) is 48.8 Å². The highest BCUT2D eigenvalue weighted by atomic mass is 28.3. The molecule has 0 fully saturated rings. The summed E-state index contributed by atoms with van der Waals surface area (Å²) in [5.41, 5.74) is 2.69. The molecule has 1 aromatic heterocycles. The fourth-order valence-corrected chi connectivity index (χ4v) is 2.81. The fourth-order valence-electron chi connectivity index (χ4n) is 2.06. The molecule has 0 bridgehead atoms. The first-order valence-corrected chi connectivity index (χ1v) is 11.0. The molecule has 0 aliphatic rings. The Labute approximate surface area is 123 Å². The van der Waals surface area contributed by atoms with E-state index < -0.39 is 8.07 Å². The minimum absolute atomic E-state index is 0.666. The van der Waals surface area contributed by atoms with E-state index in [2.05, 4.69) is 73.0 Å². The third kappa shape index (κ3) is 5.35. The second-order valence-corrected chi connectivity index (χ2v) is 12.2. The molecular formula is C17H25NOSi. The number of ether oxygens (including phenoxy) is 1. The van der Waals surface area contributed by atoms with Crippen LogP contribution in [0.3, 0.4) is 0 Å². The zero-order valence-electron chi connectivity index (χ0n) is 12.8. The van der Waals surface area contributed by atoms with Gasteiger partial charge < -0.3 is 9.30 Å². The number of hydrogen-bond acceptors (Lipinski definition) is 1. The molecule has 108 valence electrons. The lowest BCUT2D eigenvalue weighted by molar-refractivity contribution is 0.0874. The van der Waals surface area contributed by atoms with Gasteiger partial charge in [-0.1, -0.05) is 50.0 Å². The Kier molecular flexibility index (Phi) is 5.21. The lowest BCUT2D eigenvalue weighted by atomic mass is 10.1. The second kappa shape index (κ2) is 6.91. The molecule has 0 N–H and O–H groups in total. The van der Waals surface area contributed by atoms with Crippen LogP contribution in [0.25, 0.3) is 0 Å². The lowest BCUT2D eigenvalue weighted by Gasteiger charge is -2.15. The number of hydrogen-bond donors (Lipinski definition) is 0. The van der Waals surface area contributed by atoms with Crippen LogP contribution < -0.4 is 0 Å². The molecule has 0 amide bonds. The number of nitrogens with zero attached hydrogens (tertiary/aromatic N) is 1. The Morgan fingerprint density at radius 1 is 1.00 bits per heavy atom. The SMILES string of the molecule is C[Si](C)(C)CCOCn1ccc(Cc2ccccc2)c1. The van der Waals surface area contributed by atoms with Crippen LogP contribution in [-0.2, 0) is 17.9 Å². The number of rotatable bonds is 7. The zero-order valence-corrected chi connectivity index (χ0v) is 13.8. The molecular weight excluding hydrogens is 262 g/mol. The molecule has 2 aromatic rings. The van der Waals surface area contributed by atoms with Gasteiger partial charge in [-0.25, -0.2) is 0 Å². The number of aromatic nitrogens is 1. The van der Waals surface area contributed by atoms with Crippen molar-refractivity contribution in [3.05, 3.63) is 59.9 Å². The summed E-state index contributed by atoms with van der Waals surface area (Å²) in [7, 11) is -0.975. The normalized spacial score (nSPS) is 11.8. The summed E-state index contributed by atoms with van der Waals surface area (Å²) >= 11 is 0. The van der Waals surface area contributed by atoms with E-state index in [0.717, 1.165) is 13.0 Å². The average molecular weight is 287 g/mol. The Morgan fingerprint density at radius 3 is 2.45 bits per heavy atom. The predicted octanol–water partition coefficient (Wildman–Crippen LogP) is 4.39. The topological polar surface area (TPSA) is 14.2 Å². The van der Waals surface area contributed by atoms with E-state index in [4.69, 9.17) is 4.74 Å². The highest BCUT2D eigenvalue weighted by Crippen LogP contribution is 2.11. The summed E-state index contributed by atoms with van der Waals surface area (Å²) in [5, 5.41) is 0. The maximum Gasteiger partial charge on any atom is 0.122 e. The Hall–Kier alpha value is -1.32. The largest absolute Gasteiger partial charge is 0.361 e. The van der Waals surface area contributed by atoms with Gasteiger partial charge in [-0.3, -0.25) is 0 Å². The molecule has 0 saturated heterocycles. The van der Waals surface area contributed by atoms with Crippen molar-refractivity contribution < 1.29 is 4.74 Å². The van der Waals surface area contributed by atoms with Crippen LogP contribution in [0.2, 0.25) is 25.7 Å². The van der Waals surface area contributed by atoms with E-state index in [1.807, 2.05) is 0 Å². The van der Waals surface area contributed by atoms with Crippen molar-refractivity contribution in [1.82, 2.24) is 4.57 Å². The predicted molar refractivity (Wildman–Crippen MR) is 87.8 cm³/mol. The Balaban J connectivity index is 1.78. The Bertz CT molecular complexity index is 513. The van der Waals surface area contributed by atoms with Crippen molar-refractivity contribution in [2.75, 3.05) is 6.61 Å². The first-order chi connectivity index (χ1) is 9.53. The summed E-state index contributed by atoms with van der Waals surface area (Å²) in [5.74, 6) is 0. The summed E-state index contributed by atoms with van der Waals surface area (Å²) in [6.07, 6.45) is 5.27. The maximum atomic E-state index is 5.76. The highest BCUT2D eigenvalue weighted by molar-refractivity contribution is 6.76. The summed E-state index contributed by atoms with van der Waals surface area (Å²) in [6, 6.07) is 14.0. The third-order valence-corrected chi connectivity index (χ3v) is 5.00. The molecule has 2 rings (SSSR count). The van der Waals surface area contributed by atoms with Crippen molar-refractivity contribution in [3.63, 3.8) is 0 Å². The smallest absolute Gasteiger partial charge is 0.122 e. The van der Waals surface area contributed by atoms with E-state index in [1.54, 1.807) is 0 Å². The zero-order chi connectivity index (χ0) is 14.4. The molecule has 20 heavy (non-hydrogen) atoms. The maximum absolute atomic E-state index is 5.76. The monoisotopic (exact) mass is 287 g/mol. The quantitative estimate of drug-likeness (QED) is 0.544. The van der Waals surface area contributed by atoms with Crippen molar-refractivity contribution in [1.29, 1.82) is 0 Å². The molecule has 0 unspecified atom stereocenters. The van der Waals surface area contributed by atoms with Crippen molar-refractivity contribution in [3.8, 4) is 0 Å². The second-order valence-electron chi connectivity index (χ2n) is 6.54. The Morgan fingerprint density at radius 2 is 1.75 bits per heavy atom. The van der Waals surface area contributed by atoms with Crippen molar-refractivity contribution >= 4 is 8.07 Å². The summed E-state index contributed by atoms with van der Waals surface area (Å²) < 4.78 is 7.88. The minimum Gasteiger partial charge on any atom is -0.361 e. The molecule has 2 nitrogen and oxygen atoms in total. The molecule has 1 aromatic carbocycles. The van der Waals surface area contributed by atoms with E-state index in [0.29, 0.717) is 6.73 Å². The van der Waals surface area contributed by atoms with E-state index in [-0.39, 0.29) is 0 Å². The van der Waals surface area contributed by atoms with Crippen LogP contribution in [0.1, 0.15) is 11.1 Å². The average Bonchev–Trinajstić information content (AvgIpc) is 2.82. The minimum atomic E-state index is -0.975. The van der Waals surface area contributed by atoms with Gasteiger partial charge in [0.05, 0.1) is 0 Å². The molecule has 1 heterocycles. The third-order valence-electron chi connectivity index (χ3n) is 3.30. The van der Waals surface area contributed by atoms with Gasteiger partial charge in [0.1, 0.15) is 6.73 Å². The lowest BCUT2D eigenvalue weighted by Crippen LogP contribution is -2.21. The van der Waals surface area contributed by atoms with Crippen molar-refractivity contribution in [2.24, 2.45) is 0 Å². The van der Waals surface area contributed by atoms with Crippen LogP contribution in [-0.4, -0.2) is 19.2 Å². The first kappa shape index (κ1) is 15.1. The van der Waals surface area contributed by atoms with E-state index >= 15 is 0 Å². The molecule has 0 radical (unpaired) electrons. The molecule has 0 spiro atoms. The van der Waals surface area contributed by atoms with E-state index in [9.17, 15) is 0 Å². The molecule has 0 aliphatic carbocycles. The summed E-state index contributed by atoms with van der Waals surface area (Å²) in [6.45, 7) is 8.68. The summed E-state index contributed by atoms with van der Waals surface area (Å²) in [4.78, 5) is 0. The fraction of sp³-hybridized carbons (Fsp3) is 0.412. The van der Waals surface area contributed by atoms with Crippen LogP contribution >= 0.6 is 0 Å². The molecule has 0 saturated carbocycles. The van der Waals surface area contributed by atoms with Crippen LogP contribution in [0.4, 0.5) is 0 Å². The van der Waals surface area contributed by atoms with Crippen LogP contribution in [0.5, 0.6) is 0 Å². The van der Waals surface area contributed by atoms with E-state index in [1.165, 1.54) is 17.2 Å². The number of benzene rings is 1. The van der Waals surface area contributed by atoms with Gasteiger partial charge in [0.25, 0.3) is 0 Å². The molecule has 0 aliphatic heterocycles. The van der Waals surface area contributed by atoms with Gasteiger partial charge in [-0.15, -0.1) is 0 Å². The van der Waals surface area contributed by atoms with Gasteiger partial charge in [0.2, 0.25) is 0 Å². The van der Waals surface area contributed by atoms with Crippen LogP contribution in [0, 0.1) is 0 Å². The first-order valence-electron chi connectivity index (χ1n) is 7.29.